The van der Waals surface area contributed by atoms with Gasteiger partial charge >= 0.3 is 5.97 Å². The number of ether oxygens (including phenoxy) is 1. The van der Waals surface area contributed by atoms with Crippen LogP contribution in [-0.2, 0) is 25.7 Å². The molecule has 3 saturated heterocycles. The van der Waals surface area contributed by atoms with E-state index in [-0.39, 0.29) is 36.7 Å². The summed E-state index contributed by atoms with van der Waals surface area (Å²) in [4.78, 5) is 66.9. The lowest BCUT2D eigenvalue weighted by atomic mass is 9.71. The van der Waals surface area contributed by atoms with Gasteiger partial charge in [-0.15, -0.1) is 0 Å². The van der Waals surface area contributed by atoms with Crippen molar-refractivity contribution in [2.45, 2.75) is 45.3 Å². The average molecular weight is 531 g/mol. The Bertz CT molecular complexity index is 1390. The molecule has 39 heavy (non-hydrogen) atoms. The summed E-state index contributed by atoms with van der Waals surface area (Å²) in [6, 6.07) is 12.4. The lowest BCUT2D eigenvalue weighted by Crippen LogP contribution is -2.60. The zero-order chi connectivity index (χ0) is 27.3. The number of nitrogens with one attached hydrogen (secondary N) is 1. The Morgan fingerprint density at radius 2 is 1.69 bits per heavy atom. The average Bonchev–Trinajstić information content (AvgIpc) is 3.15. The van der Waals surface area contributed by atoms with Crippen LogP contribution < -0.4 is 15.1 Å². The van der Waals surface area contributed by atoms with E-state index in [0.29, 0.717) is 11.1 Å². The number of anilines is 2. The molecule has 2 aromatic rings. The first-order valence-electron chi connectivity index (χ1n) is 13.3. The number of carbonyl (C=O) groups is 5. The van der Waals surface area contributed by atoms with Crippen LogP contribution in [0.1, 0.15) is 58.9 Å². The van der Waals surface area contributed by atoms with E-state index in [9.17, 15) is 24.0 Å². The normalized spacial score (nSPS) is 22.1. The number of fused-ring (bicyclic) bond motifs is 1. The zero-order valence-corrected chi connectivity index (χ0v) is 21.8. The number of nitrogens with zero attached hydrogens (tertiary/aromatic N) is 3. The second kappa shape index (κ2) is 9.52. The van der Waals surface area contributed by atoms with Gasteiger partial charge in [0.25, 0.3) is 11.8 Å². The van der Waals surface area contributed by atoms with Crippen molar-refractivity contribution in [3.63, 3.8) is 0 Å². The maximum atomic E-state index is 13.2. The molecule has 0 bridgehead atoms. The largest absolute Gasteiger partial charge is 0.461 e. The Hall–Kier alpha value is -4.21. The first kappa shape index (κ1) is 25.1. The molecule has 1 spiro atoms. The maximum absolute atomic E-state index is 13.2. The maximum Gasteiger partial charge on any atom is 0.302 e. The van der Waals surface area contributed by atoms with Gasteiger partial charge in [0, 0.05) is 61.9 Å². The first-order valence-corrected chi connectivity index (χ1v) is 13.3. The minimum Gasteiger partial charge on any atom is -0.461 e. The number of esters is 1. The Morgan fingerprint density at radius 3 is 2.41 bits per heavy atom. The second-order valence-electron chi connectivity index (χ2n) is 10.9. The van der Waals surface area contributed by atoms with E-state index in [1.165, 1.54) is 6.92 Å². The molecule has 6 rings (SSSR count). The highest BCUT2D eigenvalue weighted by Crippen LogP contribution is 2.44. The predicted octanol–water partition coefficient (Wildman–Crippen LogP) is 2.26. The third kappa shape index (κ3) is 4.43. The smallest absolute Gasteiger partial charge is 0.302 e. The van der Waals surface area contributed by atoms with Gasteiger partial charge < -0.3 is 14.5 Å². The summed E-state index contributed by atoms with van der Waals surface area (Å²) >= 11 is 0. The van der Waals surface area contributed by atoms with Crippen LogP contribution in [0.2, 0.25) is 0 Å². The molecule has 4 aliphatic heterocycles. The Balaban J connectivity index is 1.10. The third-order valence-corrected chi connectivity index (χ3v) is 8.43. The molecule has 1 atom stereocenters. The van der Waals surface area contributed by atoms with Gasteiger partial charge in [0.15, 0.2) is 0 Å². The molecule has 0 aliphatic carbocycles. The van der Waals surface area contributed by atoms with Crippen LogP contribution in [0.5, 0.6) is 0 Å². The van der Waals surface area contributed by atoms with Crippen molar-refractivity contribution in [1.82, 2.24) is 10.2 Å². The highest BCUT2D eigenvalue weighted by Gasteiger charge is 2.47. The number of carbonyl (C=O) groups excluding carboxylic acids is 5. The molecule has 0 saturated carbocycles. The van der Waals surface area contributed by atoms with Crippen LogP contribution in [0.3, 0.4) is 0 Å². The number of hydrogen-bond acceptors (Lipinski definition) is 8. The second-order valence-corrected chi connectivity index (χ2v) is 10.9. The van der Waals surface area contributed by atoms with Crippen LogP contribution in [-0.4, -0.2) is 66.7 Å². The molecule has 1 unspecified atom stereocenters. The number of amides is 4. The van der Waals surface area contributed by atoms with Gasteiger partial charge in [-0.05, 0) is 43.5 Å². The Labute approximate surface area is 225 Å². The van der Waals surface area contributed by atoms with Gasteiger partial charge in [-0.2, -0.15) is 0 Å². The van der Waals surface area contributed by atoms with Crippen molar-refractivity contribution in [3.05, 3.63) is 59.2 Å². The fraction of sp³-hybridized carbons (Fsp3) is 0.414. The van der Waals surface area contributed by atoms with E-state index < -0.39 is 23.8 Å². The Morgan fingerprint density at radius 1 is 0.974 bits per heavy atom. The summed E-state index contributed by atoms with van der Waals surface area (Å²) in [5, 5.41) is 2.23. The summed E-state index contributed by atoms with van der Waals surface area (Å²) in [6.45, 7) is 5.23. The molecule has 3 fully saturated rings. The fourth-order valence-corrected chi connectivity index (χ4v) is 6.26. The van der Waals surface area contributed by atoms with E-state index in [1.807, 2.05) is 24.3 Å². The summed E-state index contributed by atoms with van der Waals surface area (Å²) in [5.41, 5.74) is 3.79. The topological polar surface area (TPSA) is 116 Å². The number of para-hydroxylation sites is 1. The molecule has 202 valence electrons. The zero-order valence-electron chi connectivity index (χ0n) is 21.8. The molecule has 4 aliphatic rings. The molecule has 10 heteroatoms. The SMILES string of the molecule is CC(=O)OCc1ccccc1N1CCC2(CC1)CN(c1ccc3c(c1)C(=O)N(C1CCC(=O)NC1=O)C3=O)C2. The number of hydrogen-bond donors (Lipinski definition) is 1. The number of rotatable bonds is 5. The van der Waals surface area contributed by atoms with Gasteiger partial charge in [-0.1, -0.05) is 18.2 Å². The lowest BCUT2D eigenvalue weighted by molar-refractivity contribution is -0.142. The minimum atomic E-state index is -0.963. The van der Waals surface area contributed by atoms with Gasteiger partial charge in [-0.3, -0.25) is 34.2 Å². The van der Waals surface area contributed by atoms with Gasteiger partial charge in [0.05, 0.1) is 11.1 Å². The van der Waals surface area contributed by atoms with E-state index in [0.717, 1.165) is 60.9 Å². The molecule has 4 heterocycles. The molecule has 0 aromatic heterocycles. The molecule has 4 amide bonds. The van der Waals surface area contributed by atoms with Crippen molar-refractivity contribution < 1.29 is 28.7 Å². The number of benzene rings is 2. The molecule has 10 nitrogen and oxygen atoms in total. The highest BCUT2D eigenvalue weighted by molar-refractivity contribution is 6.23. The quantitative estimate of drug-likeness (QED) is 0.462. The van der Waals surface area contributed by atoms with Crippen molar-refractivity contribution in [3.8, 4) is 0 Å². The summed E-state index contributed by atoms with van der Waals surface area (Å²) in [5.74, 6) is -2.26. The predicted molar refractivity (Wildman–Crippen MR) is 141 cm³/mol. The van der Waals surface area contributed by atoms with Crippen LogP contribution in [0.4, 0.5) is 11.4 Å². The Kier molecular flexibility index (Phi) is 6.12. The highest BCUT2D eigenvalue weighted by atomic mass is 16.5. The molecular formula is C29H30N4O6. The van der Waals surface area contributed by atoms with E-state index >= 15 is 0 Å². The lowest BCUT2D eigenvalue weighted by Gasteiger charge is -2.55. The van der Waals surface area contributed by atoms with E-state index in [4.69, 9.17) is 4.74 Å². The molecular weight excluding hydrogens is 500 g/mol. The van der Waals surface area contributed by atoms with Crippen molar-refractivity contribution in [2.75, 3.05) is 36.0 Å². The standard InChI is InChI=1S/C29H30N4O6/c1-18(34)39-15-19-4-2-3-5-23(19)31-12-10-29(11-13-31)16-32(17-29)20-6-7-21-22(14-20)28(38)33(27(21)37)24-8-9-25(35)30-26(24)36/h2-7,14,24H,8-13,15-17H2,1H3,(H,30,35,36). The monoisotopic (exact) mass is 530 g/mol. The minimum absolute atomic E-state index is 0.0973. The first-order chi connectivity index (χ1) is 18.7. The van der Waals surface area contributed by atoms with Crippen LogP contribution in [0, 0.1) is 5.41 Å². The van der Waals surface area contributed by atoms with Crippen molar-refractivity contribution >= 4 is 41.0 Å². The third-order valence-electron chi connectivity index (χ3n) is 8.43. The summed E-state index contributed by atoms with van der Waals surface area (Å²) < 4.78 is 5.24. The van der Waals surface area contributed by atoms with Gasteiger partial charge in [0.2, 0.25) is 11.8 Å². The summed E-state index contributed by atoms with van der Waals surface area (Å²) in [7, 11) is 0. The fourth-order valence-electron chi connectivity index (χ4n) is 6.26. The van der Waals surface area contributed by atoms with E-state index in [2.05, 4.69) is 21.2 Å². The van der Waals surface area contributed by atoms with Crippen molar-refractivity contribution in [1.29, 1.82) is 0 Å². The van der Waals surface area contributed by atoms with Crippen LogP contribution >= 0.6 is 0 Å². The van der Waals surface area contributed by atoms with Crippen molar-refractivity contribution in [2.24, 2.45) is 5.41 Å². The summed E-state index contributed by atoms with van der Waals surface area (Å²) in [6.07, 6.45) is 2.29. The van der Waals surface area contributed by atoms with Crippen LogP contribution in [0.15, 0.2) is 42.5 Å². The number of imide groups is 2. The number of piperidine rings is 2. The molecule has 2 aromatic carbocycles. The van der Waals surface area contributed by atoms with Gasteiger partial charge in [-0.25, -0.2) is 0 Å². The van der Waals surface area contributed by atoms with Crippen LogP contribution in [0.25, 0.3) is 0 Å². The molecule has 0 radical (unpaired) electrons. The molecule has 1 N–H and O–H groups in total. The van der Waals surface area contributed by atoms with E-state index in [1.54, 1.807) is 12.1 Å². The van der Waals surface area contributed by atoms with Gasteiger partial charge in [0.1, 0.15) is 12.6 Å².